The monoisotopic (exact) mass is 267 g/mol. The van der Waals surface area contributed by atoms with Crippen molar-refractivity contribution in [2.75, 3.05) is 7.05 Å². The summed E-state index contributed by atoms with van der Waals surface area (Å²) in [7, 11) is 2.12. The Bertz CT molecular complexity index is 590. The zero-order valence-corrected chi connectivity index (χ0v) is 12.1. The van der Waals surface area contributed by atoms with Crippen molar-refractivity contribution >= 4 is 5.84 Å². The molecule has 3 nitrogen and oxygen atoms in total. The predicted molar refractivity (Wildman–Crippen MR) is 83.8 cm³/mol. The molecular weight excluding hydrogens is 246 g/mol. The fraction of sp³-hybridized carbons (Fsp3) is 0.235. The van der Waals surface area contributed by atoms with E-state index in [0.29, 0.717) is 0 Å². The highest BCUT2D eigenvalue weighted by Crippen LogP contribution is 2.14. The molecule has 0 fully saturated rings. The lowest BCUT2D eigenvalue weighted by Gasteiger charge is -2.18. The van der Waals surface area contributed by atoms with Crippen molar-refractivity contribution in [2.24, 2.45) is 5.73 Å². The Morgan fingerprint density at radius 3 is 2.40 bits per heavy atom. The van der Waals surface area contributed by atoms with E-state index in [-0.39, 0.29) is 5.84 Å². The average Bonchev–Trinajstić information content (AvgIpc) is 2.42. The molecule has 0 heterocycles. The van der Waals surface area contributed by atoms with Crippen LogP contribution in [0.1, 0.15) is 22.3 Å². The van der Waals surface area contributed by atoms with Gasteiger partial charge in [-0.05, 0) is 36.7 Å². The fourth-order valence-corrected chi connectivity index (χ4v) is 2.28. The Balaban J connectivity index is 2.04. The first-order valence-electron chi connectivity index (χ1n) is 6.72. The second kappa shape index (κ2) is 6.35. The standard InChI is InChI=1S/C17H21N3/c1-13-10-15(17(18)19)8-9-16(13)12-20(2)11-14-6-4-3-5-7-14/h3-10H,11-12H2,1-2H3,(H3,18,19). The van der Waals surface area contributed by atoms with Gasteiger partial charge in [-0.15, -0.1) is 0 Å². The molecule has 0 aliphatic rings. The number of nitrogen functional groups attached to an aromatic ring is 1. The summed E-state index contributed by atoms with van der Waals surface area (Å²) < 4.78 is 0. The van der Waals surface area contributed by atoms with Crippen molar-refractivity contribution in [1.29, 1.82) is 5.41 Å². The third-order valence-electron chi connectivity index (χ3n) is 3.39. The molecule has 0 amide bonds. The van der Waals surface area contributed by atoms with Gasteiger partial charge in [-0.3, -0.25) is 10.3 Å². The van der Waals surface area contributed by atoms with Gasteiger partial charge in [-0.1, -0.05) is 42.5 Å². The van der Waals surface area contributed by atoms with Gasteiger partial charge < -0.3 is 5.73 Å². The van der Waals surface area contributed by atoms with Crippen molar-refractivity contribution < 1.29 is 0 Å². The van der Waals surface area contributed by atoms with Crippen LogP contribution in [0.3, 0.4) is 0 Å². The molecule has 0 saturated heterocycles. The minimum atomic E-state index is 0.122. The SMILES string of the molecule is Cc1cc(C(=N)N)ccc1CN(C)Cc1ccccc1. The summed E-state index contributed by atoms with van der Waals surface area (Å²) in [4.78, 5) is 2.28. The molecule has 2 rings (SSSR count). The molecule has 0 unspecified atom stereocenters. The molecule has 2 aromatic rings. The summed E-state index contributed by atoms with van der Waals surface area (Å²) in [6.45, 7) is 3.88. The topological polar surface area (TPSA) is 53.1 Å². The zero-order valence-electron chi connectivity index (χ0n) is 12.1. The van der Waals surface area contributed by atoms with Gasteiger partial charge in [0, 0.05) is 18.7 Å². The Kier molecular flexibility index (Phi) is 4.53. The number of aryl methyl sites for hydroxylation is 1. The zero-order chi connectivity index (χ0) is 14.5. The molecule has 0 aliphatic carbocycles. The number of hydrogen-bond acceptors (Lipinski definition) is 2. The van der Waals surface area contributed by atoms with Crippen LogP contribution in [0.5, 0.6) is 0 Å². The lowest BCUT2D eigenvalue weighted by molar-refractivity contribution is 0.318. The molecule has 20 heavy (non-hydrogen) atoms. The summed E-state index contributed by atoms with van der Waals surface area (Å²) in [5.74, 6) is 0.122. The summed E-state index contributed by atoms with van der Waals surface area (Å²) in [5.41, 5.74) is 10.1. The number of nitrogens with one attached hydrogen (secondary N) is 1. The van der Waals surface area contributed by atoms with Crippen molar-refractivity contribution in [2.45, 2.75) is 20.0 Å². The van der Waals surface area contributed by atoms with Gasteiger partial charge in [0.15, 0.2) is 0 Å². The van der Waals surface area contributed by atoms with E-state index in [2.05, 4.69) is 49.2 Å². The number of benzene rings is 2. The van der Waals surface area contributed by atoms with Crippen molar-refractivity contribution in [3.05, 3.63) is 70.8 Å². The summed E-state index contributed by atoms with van der Waals surface area (Å²) >= 11 is 0. The van der Waals surface area contributed by atoms with E-state index < -0.39 is 0 Å². The second-order valence-corrected chi connectivity index (χ2v) is 5.21. The lowest BCUT2D eigenvalue weighted by Crippen LogP contribution is -2.18. The van der Waals surface area contributed by atoms with Crippen LogP contribution in [0.2, 0.25) is 0 Å². The van der Waals surface area contributed by atoms with Crippen molar-refractivity contribution in [1.82, 2.24) is 4.90 Å². The van der Waals surface area contributed by atoms with Gasteiger partial charge in [0.05, 0.1) is 0 Å². The highest BCUT2D eigenvalue weighted by atomic mass is 15.1. The molecule has 0 spiro atoms. The Morgan fingerprint density at radius 1 is 1.10 bits per heavy atom. The highest BCUT2D eigenvalue weighted by molar-refractivity contribution is 5.95. The molecular formula is C17H21N3. The molecule has 0 radical (unpaired) electrons. The quantitative estimate of drug-likeness (QED) is 0.646. The Morgan fingerprint density at radius 2 is 1.80 bits per heavy atom. The van der Waals surface area contributed by atoms with Crippen LogP contribution in [0, 0.1) is 12.3 Å². The van der Waals surface area contributed by atoms with Crippen LogP contribution in [-0.4, -0.2) is 17.8 Å². The van der Waals surface area contributed by atoms with Gasteiger partial charge in [0.25, 0.3) is 0 Å². The van der Waals surface area contributed by atoms with E-state index in [1.807, 2.05) is 18.2 Å². The van der Waals surface area contributed by atoms with Crippen LogP contribution in [0.4, 0.5) is 0 Å². The number of hydrogen-bond donors (Lipinski definition) is 2. The molecule has 0 aromatic heterocycles. The largest absolute Gasteiger partial charge is 0.384 e. The third-order valence-corrected chi connectivity index (χ3v) is 3.39. The average molecular weight is 267 g/mol. The smallest absolute Gasteiger partial charge is 0.122 e. The number of nitrogens with two attached hydrogens (primary N) is 1. The van der Waals surface area contributed by atoms with Crippen LogP contribution in [0.25, 0.3) is 0 Å². The first-order chi connectivity index (χ1) is 9.56. The van der Waals surface area contributed by atoms with Crippen molar-refractivity contribution in [3.63, 3.8) is 0 Å². The molecule has 3 heteroatoms. The van der Waals surface area contributed by atoms with Crippen LogP contribution in [-0.2, 0) is 13.1 Å². The Labute approximate surface area is 120 Å². The van der Waals surface area contributed by atoms with E-state index in [9.17, 15) is 0 Å². The normalized spacial score (nSPS) is 10.8. The van der Waals surface area contributed by atoms with E-state index in [4.69, 9.17) is 11.1 Å². The number of rotatable bonds is 5. The van der Waals surface area contributed by atoms with Gasteiger partial charge in [-0.25, -0.2) is 0 Å². The summed E-state index contributed by atoms with van der Waals surface area (Å²) in [6.07, 6.45) is 0. The molecule has 2 aromatic carbocycles. The number of amidine groups is 1. The molecule has 3 N–H and O–H groups in total. The predicted octanol–water partition coefficient (Wildman–Crippen LogP) is 2.91. The van der Waals surface area contributed by atoms with E-state index >= 15 is 0 Å². The van der Waals surface area contributed by atoms with Crippen LogP contribution < -0.4 is 5.73 Å². The minimum absolute atomic E-state index is 0.122. The molecule has 0 atom stereocenters. The van der Waals surface area contributed by atoms with Gasteiger partial charge in [0.1, 0.15) is 5.84 Å². The van der Waals surface area contributed by atoms with Gasteiger partial charge >= 0.3 is 0 Å². The van der Waals surface area contributed by atoms with Gasteiger partial charge in [-0.2, -0.15) is 0 Å². The maximum atomic E-state index is 7.46. The van der Waals surface area contributed by atoms with Crippen molar-refractivity contribution in [3.8, 4) is 0 Å². The summed E-state index contributed by atoms with van der Waals surface area (Å²) in [6, 6.07) is 16.4. The van der Waals surface area contributed by atoms with Crippen LogP contribution >= 0.6 is 0 Å². The molecule has 0 aliphatic heterocycles. The lowest BCUT2D eigenvalue weighted by atomic mass is 10.0. The van der Waals surface area contributed by atoms with Gasteiger partial charge in [0.2, 0.25) is 0 Å². The Hall–Kier alpha value is -2.13. The number of nitrogens with zero attached hydrogens (tertiary/aromatic N) is 1. The first kappa shape index (κ1) is 14.3. The minimum Gasteiger partial charge on any atom is -0.384 e. The fourth-order valence-electron chi connectivity index (χ4n) is 2.28. The molecule has 104 valence electrons. The van der Waals surface area contributed by atoms with E-state index in [0.717, 1.165) is 18.7 Å². The maximum Gasteiger partial charge on any atom is 0.122 e. The van der Waals surface area contributed by atoms with E-state index in [1.165, 1.54) is 16.7 Å². The maximum absolute atomic E-state index is 7.46. The first-order valence-corrected chi connectivity index (χ1v) is 6.72. The molecule has 0 saturated carbocycles. The van der Waals surface area contributed by atoms with E-state index in [1.54, 1.807) is 0 Å². The van der Waals surface area contributed by atoms with Crippen LogP contribution in [0.15, 0.2) is 48.5 Å². The third kappa shape index (κ3) is 3.68. The summed E-state index contributed by atoms with van der Waals surface area (Å²) in [5, 5.41) is 7.46. The second-order valence-electron chi connectivity index (χ2n) is 5.21. The highest BCUT2D eigenvalue weighted by Gasteiger charge is 2.06. The molecule has 0 bridgehead atoms.